The van der Waals surface area contributed by atoms with Gasteiger partial charge in [-0.3, -0.25) is 0 Å². The molecular formula is C10H14IN. The number of nitrogens with zero attached hydrogens (tertiary/aromatic N) is 1. The van der Waals surface area contributed by atoms with Crippen LogP contribution in [0, 0.1) is 12.3 Å². The predicted octanol–water partition coefficient (Wildman–Crippen LogP) is 3.20. The van der Waals surface area contributed by atoms with Gasteiger partial charge in [0.25, 0.3) is 0 Å². The van der Waals surface area contributed by atoms with Gasteiger partial charge in [0, 0.05) is 0 Å². The van der Waals surface area contributed by atoms with Crippen molar-refractivity contribution in [3.8, 4) is 12.3 Å². The van der Waals surface area contributed by atoms with Crippen LogP contribution in [0.1, 0.15) is 27.7 Å². The van der Waals surface area contributed by atoms with E-state index in [1.807, 2.05) is 19.9 Å². The van der Waals surface area contributed by atoms with Crippen LogP contribution in [0.4, 0.5) is 0 Å². The fraction of sp³-hybridized carbons (Fsp3) is 0.500. The first-order valence-corrected chi connectivity index (χ1v) is 4.87. The summed E-state index contributed by atoms with van der Waals surface area (Å²) in [5.41, 5.74) is 1.76. The lowest BCUT2D eigenvalue weighted by Crippen LogP contribution is -2.12. The molecule has 0 heterocycles. The van der Waals surface area contributed by atoms with Gasteiger partial charge >= 0.3 is 0 Å². The molecule has 12 heavy (non-hydrogen) atoms. The Bertz CT molecular complexity index is 248. The van der Waals surface area contributed by atoms with E-state index >= 15 is 0 Å². The maximum atomic E-state index is 5.21. The first-order chi connectivity index (χ1) is 5.41. The van der Waals surface area contributed by atoms with Gasteiger partial charge in [0.2, 0.25) is 0 Å². The Morgan fingerprint density at radius 2 is 2.08 bits per heavy atom. The standard InChI is InChI=1S/C10H14IN/c1-6-8(3)12-9(7-2)10(4,5)11/h1,7H,2-5H3/b9-7-,12-8+. The highest BCUT2D eigenvalue weighted by Gasteiger charge is 2.17. The molecule has 0 aliphatic rings. The van der Waals surface area contributed by atoms with Crippen LogP contribution in [-0.2, 0) is 0 Å². The molecule has 0 saturated carbocycles. The van der Waals surface area contributed by atoms with E-state index in [0.29, 0.717) is 0 Å². The second-order valence-electron chi connectivity index (χ2n) is 2.99. The quantitative estimate of drug-likeness (QED) is 0.317. The van der Waals surface area contributed by atoms with E-state index in [1.54, 1.807) is 0 Å². The van der Waals surface area contributed by atoms with Crippen LogP contribution in [0.15, 0.2) is 16.8 Å². The molecule has 0 amide bonds. The Kier molecular flexibility index (Phi) is 4.54. The Morgan fingerprint density at radius 3 is 2.33 bits per heavy atom. The molecule has 0 fully saturated rings. The third-order valence-corrected chi connectivity index (χ3v) is 1.93. The monoisotopic (exact) mass is 275 g/mol. The fourth-order valence-corrected chi connectivity index (χ4v) is 1.19. The molecule has 0 saturated heterocycles. The molecule has 0 atom stereocenters. The molecular weight excluding hydrogens is 261 g/mol. The van der Waals surface area contributed by atoms with Crippen LogP contribution in [0.25, 0.3) is 0 Å². The predicted molar refractivity (Wildman–Crippen MR) is 63.8 cm³/mol. The van der Waals surface area contributed by atoms with E-state index in [1.165, 1.54) is 0 Å². The third kappa shape index (κ3) is 3.91. The van der Waals surface area contributed by atoms with Gasteiger partial charge in [0.15, 0.2) is 0 Å². The van der Waals surface area contributed by atoms with Crippen molar-refractivity contribution in [1.82, 2.24) is 0 Å². The molecule has 0 aromatic rings. The molecule has 0 bridgehead atoms. The van der Waals surface area contributed by atoms with E-state index in [-0.39, 0.29) is 3.42 Å². The minimum Gasteiger partial charge on any atom is -0.248 e. The molecule has 0 radical (unpaired) electrons. The van der Waals surface area contributed by atoms with Crippen molar-refractivity contribution in [3.05, 3.63) is 11.8 Å². The molecule has 0 spiro atoms. The van der Waals surface area contributed by atoms with Gasteiger partial charge in [-0.1, -0.05) is 34.6 Å². The van der Waals surface area contributed by atoms with E-state index in [4.69, 9.17) is 6.42 Å². The summed E-state index contributed by atoms with van der Waals surface area (Å²) in [4.78, 5) is 4.32. The average Bonchev–Trinajstić information content (AvgIpc) is 1.97. The summed E-state index contributed by atoms with van der Waals surface area (Å²) in [5.74, 6) is 2.51. The largest absolute Gasteiger partial charge is 0.248 e. The van der Waals surface area contributed by atoms with Crippen LogP contribution in [0.2, 0.25) is 0 Å². The Labute approximate surface area is 88.5 Å². The number of terminal acetylenes is 1. The Morgan fingerprint density at radius 1 is 1.58 bits per heavy atom. The van der Waals surface area contributed by atoms with Crippen LogP contribution in [0.5, 0.6) is 0 Å². The number of halogens is 1. The van der Waals surface area contributed by atoms with E-state index in [2.05, 4.69) is 47.4 Å². The number of hydrogen-bond acceptors (Lipinski definition) is 1. The molecule has 0 aliphatic heterocycles. The summed E-state index contributed by atoms with van der Waals surface area (Å²) >= 11 is 2.34. The van der Waals surface area contributed by atoms with Crippen LogP contribution < -0.4 is 0 Å². The second-order valence-corrected chi connectivity index (χ2v) is 5.68. The maximum Gasteiger partial charge on any atom is 0.0869 e. The first kappa shape index (κ1) is 11.7. The normalized spacial score (nSPS) is 14.3. The number of rotatable bonds is 2. The van der Waals surface area contributed by atoms with Gasteiger partial charge in [-0.15, -0.1) is 6.42 Å². The van der Waals surface area contributed by atoms with Crippen molar-refractivity contribution in [3.63, 3.8) is 0 Å². The molecule has 2 heteroatoms. The Hall–Kier alpha value is -0.300. The summed E-state index contributed by atoms with van der Waals surface area (Å²) in [6.07, 6.45) is 7.20. The molecule has 0 aliphatic carbocycles. The van der Waals surface area contributed by atoms with Crippen molar-refractivity contribution < 1.29 is 0 Å². The van der Waals surface area contributed by atoms with Crippen molar-refractivity contribution in [2.75, 3.05) is 0 Å². The van der Waals surface area contributed by atoms with Crippen molar-refractivity contribution in [1.29, 1.82) is 0 Å². The van der Waals surface area contributed by atoms with Gasteiger partial charge in [-0.05, 0) is 27.7 Å². The average molecular weight is 275 g/mol. The third-order valence-electron chi connectivity index (χ3n) is 1.38. The van der Waals surface area contributed by atoms with Gasteiger partial charge < -0.3 is 0 Å². The van der Waals surface area contributed by atoms with Crippen LogP contribution >= 0.6 is 22.6 Å². The van der Waals surface area contributed by atoms with E-state index < -0.39 is 0 Å². The van der Waals surface area contributed by atoms with Crippen LogP contribution in [-0.4, -0.2) is 9.13 Å². The van der Waals surface area contributed by atoms with Crippen LogP contribution in [0.3, 0.4) is 0 Å². The molecule has 0 N–H and O–H groups in total. The SMILES string of the molecule is C#C/C(C)=N/C(=C\C)C(C)(C)I. The topological polar surface area (TPSA) is 12.4 Å². The minimum absolute atomic E-state index is 0.0462. The van der Waals surface area contributed by atoms with Gasteiger partial charge in [-0.25, -0.2) is 4.99 Å². The lowest BCUT2D eigenvalue weighted by atomic mass is 10.1. The molecule has 0 aromatic heterocycles. The number of alkyl halides is 1. The number of allylic oxidation sites excluding steroid dienone is 2. The second kappa shape index (κ2) is 4.66. The molecule has 66 valence electrons. The zero-order chi connectivity index (χ0) is 9.78. The fourth-order valence-electron chi connectivity index (χ4n) is 0.754. The summed E-state index contributed by atoms with van der Waals surface area (Å²) in [6.45, 7) is 8.03. The lowest BCUT2D eigenvalue weighted by molar-refractivity contribution is 0.857. The van der Waals surface area contributed by atoms with E-state index in [0.717, 1.165) is 11.4 Å². The molecule has 0 rings (SSSR count). The van der Waals surface area contributed by atoms with Crippen molar-refractivity contribution >= 4 is 28.3 Å². The van der Waals surface area contributed by atoms with Crippen molar-refractivity contribution in [2.24, 2.45) is 4.99 Å². The molecule has 1 nitrogen and oxygen atoms in total. The summed E-state index contributed by atoms with van der Waals surface area (Å²) in [7, 11) is 0. The summed E-state index contributed by atoms with van der Waals surface area (Å²) in [5, 5.41) is 0. The molecule has 0 unspecified atom stereocenters. The smallest absolute Gasteiger partial charge is 0.0869 e. The summed E-state index contributed by atoms with van der Waals surface area (Å²) in [6, 6.07) is 0. The summed E-state index contributed by atoms with van der Waals surface area (Å²) < 4.78 is 0.0462. The number of aliphatic imine (C=N–C) groups is 1. The zero-order valence-corrected chi connectivity index (χ0v) is 10.1. The van der Waals surface area contributed by atoms with Gasteiger partial charge in [0.1, 0.15) is 0 Å². The highest BCUT2D eigenvalue weighted by atomic mass is 127. The van der Waals surface area contributed by atoms with Gasteiger partial charge in [-0.2, -0.15) is 0 Å². The highest BCUT2D eigenvalue weighted by Crippen LogP contribution is 2.27. The van der Waals surface area contributed by atoms with Crippen molar-refractivity contribution in [2.45, 2.75) is 31.1 Å². The van der Waals surface area contributed by atoms with Gasteiger partial charge in [0.05, 0.1) is 14.8 Å². The first-order valence-electron chi connectivity index (χ1n) is 3.79. The Balaban J connectivity index is 4.78. The zero-order valence-electron chi connectivity index (χ0n) is 7.98. The maximum absolute atomic E-state index is 5.21. The number of hydrogen-bond donors (Lipinski definition) is 0. The minimum atomic E-state index is 0.0462. The lowest BCUT2D eigenvalue weighted by Gasteiger charge is -2.16. The van der Waals surface area contributed by atoms with E-state index in [9.17, 15) is 0 Å². The highest BCUT2D eigenvalue weighted by molar-refractivity contribution is 14.1. The molecule has 0 aromatic carbocycles.